The minimum absolute atomic E-state index is 0.313. The summed E-state index contributed by atoms with van der Waals surface area (Å²) in [5.41, 5.74) is 4.42. The maximum Gasteiger partial charge on any atom is 0.252 e. The van der Waals surface area contributed by atoms with Crippen LogP contribution in [0.2, 0.25) is 0 Å². The molecule has 0 fully saturated rings. The first-order valence-electron chi connectivity index (χ1n) is 8.03. The highest BCUT2D eigenvalue weighted by molar-refractivity contribution is 6.11. The van der Waals surface area contributed by atoms with E-state index in [2.05, 4.69) is 15.6 Å². The third kappa shape index (κ3) is 4.01. The average Bonchev–Trinajstić information content (AvgIpc) is 2.74. The molecule has 3 rings (SSSR count). The van der Waals surface area contributed by atoms with Crippen LogP contribution >= 0.6 is 0 Å². The second-order valence-electron chi connectivity index (χ2n) is 5.95. The predicted octanol–water partition coefficient (Wildman–Crippen LogP) is 3.16. The Balaban J connectivity index is 1.71. The Morgan fingerprint density at radius 1 is 1.16 bits per heavy atom. The van der Waals surface area contributed by atoms with E-state index < -0.39 is 6.04 Å². The molecule has 1 heterocycles. The molecule has 0 aliphatic carbocycles. The molecule has 2 N–H and O–H groups in total. The molecule has 0 spiro atoms. The quantitative estimate of drug-likeness (QED) is 0.847. The molecule has 1 aliphatic heterocycles. The Hall–Kier alpha value is -3.21. The summed E-state index contributed by atoms with van der Waals surface area (Å²) in [4.78, 5) is 28.8. The van der Waals surface area contributed by atoms with E-state index in [-0.39, 0.29) is 11.8 Å². The minimum atomic E-state index is -0.819. The van der Waals surface area contributed by atoms with Crippen LogP contribution in [-0.4, -0.2) is 24.1 Å². The van der Waals surface area contributed by atoms with Crippen molar-refractivity contribution < 1.29 is 9.59 Å². The van der Waals surface area contributed by atoms with Gasteiger partial charge in [-0.15, -0.1) is 0 Å². The number of carbonyl (C=O) groups excluding carboxylic acids is 2. The van der Waals surface area contributed by atoms with Gasteiger partial charge in [0.05, 0.1) is 11.4 Å². The number of hydrogen-bond donors (Lipinski definition) is 2. The zero-order valence-corrected chi connectivity index (χ0v) is 14.1. The lowest BCUT2D eigenvalue weighted by Gasteiger charge is -2.12. The molecule has 126 valence electrons. The first-order chi connectivity index (χ1) is 12.0. The van der Waals surface area contributed by atoms with Crippen LogP contribution in [-0.2, 0) is 9.59 Å². The molecule has 0 aromatic heterocycles. The van der Waals surface area contributed by atoms with E-state index >= 15 is 0 Å². The number of rotatable bonds is 3. The van der Waals surface area contributed by atoms with Crippen LogP contribution in [0.3, 0.4) is 0 Å². The van der Waals surface area contributed by atoms with Gasteiger partial charge in [0.1, 0.15) is 6.04 Å². The number of anilines is 1. The van der Waals surface area contributed by atoms with E-state index in [1.807, 2.05) is 56.3 Å². The van der Waals surface area contributed by atoms with Gasteiger partial charge in [-0.2, -0.15) is 0 Å². The topological polar surface area (TPSA) is 70.6 Å². The van der Waals surface area contributed by atoms with E-state index in [0.29, 0.717) is 11.4 Å². The number of hydrogen-bond acceptors (Lipinski definition) is 3. The molecule has 5 nitrogen and oxygen atoms in total. The van der Waals surface area contributed by atoms with Crippen LogP contribution in [0.1, 0.15) is 16.7 Å². The minimum Gasteiger partial charge on any atom is -0.336 e. The Morgan fingerprint density at radius 2 is 1.88 bits per heavy atom. The predicted molar refractivity (Wildman–Crippen MR) is 100 cm³/mol. The molecule has 0 bridgehead atoms. The lowest BCUT2D eigenvalue weighted by atomic mass is 10.1. The molecular weight excluding hydrogens is 314 g/mol. The monoisotopic (exact) mass is 333 g/mol. The zero-order chi connectivity index (χ0) is 17.8. The Kier molecular flexibility index (Phi) is 4.75. The van der Waals surface area contributed by atoms with Crippen LogP contribution in [0.4, 0.5) is 11.4 Å². The third-order valence-corrected chi connectivity index (χ3v) is 4.04. The average molecular weight is 333 g/mol. The van der Waals surface area contributed by atoms with Gasteiger partial charge in [-0.3, -0.25) is 14.6 Å². The summed E-state index contributed by atoms with van der Waals surface area (Å²) >= 11 is 0. The van der Waals surface area contributed by atoms with Crippen LogP contribution < -0.4 is 10.6 Å². The molecular formula is C20H19N3O2. The van der Waals surface area contributed by atoms with Crippen LogP contribution in [0, 0.1) is 13.8 Å². The molecule has 1 unspecified atom stereocenters. The highest BCUT2D eigenvalue weighted by atomic mass is 16.2. The third-order valence-electron chi connectivity index (χ3n) is 4.04. The van der Waals surface area contributed by atoms with E-state index in [1.54, 1.807) is 6.08 Å². The first kappa shape index (κ1) is 16.6. The summed E-state index contributed by atoms with van der Waals surface area (Å²) in [6.07, 6.45) is 4.57. The number of aryl methyl sites for hydroxylation is 2. The second kappa shape index (κ2) is 7.13. The van der Waals surface area contributed by atoms with Crippen LogP contribution in [0.15, 0.2) is 53.5 Å². The summed E-state index contributed by atoms with van der Waals surface area (Å²) in [5, 5.41) is 5.47. The van der Waals surface area contributed by atoms with E-state index in [0.717, 1.165) is 16.7 Å². The molecule has 2 amide bonds. The number of carbonyl (C=O) groups is 2. The van der Waals surface area contributed by atoms with Gasteiger partial charge < -0.3 is 10.6 Å². The number of fused-ring (bicyclic) bond motifs is 1. The Morgan fingerprint density at radius 3 is 2.64 bits per heavy atom. The Labute approximate surface area is 146 Å². The van der Waals surface area contributed by atoms with Gasteiger partial charge in [-0.05, 0) is 48.7 Å². The van der Waals surface area contributed by atoms with Crippen molar-refractivity contribution in [2.45, 2.75) is 19.9 Å². The second-order valence-corrected chi connectivity index (χ2v) is 5.95. The van der Waals surface area contributed by atoms with Crippen LogP contribution in [0.25, 0.3) is 6.08 Å². The van der Waals surface area contributed by atoms with Crippen molar-refractivity contribution in [3.63, 3.8) is 0 Å². The molecule has 5 heteroatoms. The standard InChI is InChI=1S/C20H19N3O2/c1-13-10-16-17(11-14(13)2)23-20(25)18(12-21-16)22-19(24)9-8-15-6-4-3-5-7-15/h3-12,18H,1-2H3,(H,22,24)(H,23,25)/b9-8+. The fraction of sp³-hybridized carbons (Fsp3) is 0.150. The molecule has 0 saturated heterocycles. The number of benzene rings is 2. The van der Waals surface area contributed by atoms with Crippen molar-refractivity contribution in [3.8, 4) is 0 Å². The summed E-state index contributed by atoms with van der Waals surface area (Å²) in [6.45, 7) is 3.97. The van der Waals surface area contributed by atoms with Gasteiger partial charge in [-0.1, -0.05) is 30.3 Å². The fourth-order valence-electron chi connectivity index (χ4n) is 2.48. The van der Waals surface area contributed by atoms with E-state index in [9.17, 15) is 9.59 Å². The molecule has 2 aromatic carbocycles. The SMILES string of the molecule is Cc1cc2c(cc1C)NC(=O)C(NC(=O)/C=C/c1ccccc1)C=N2. The summed E-state index contributed by atoms with van der Waals surface area (Å²) in [7, 11) is 0. The number of nitrogens with one attached hydrogen (secondary N) is 2. The van der Waals surface area contributed by atoms with Gasteiger partial charge >= 0.3 is 0 Å². The normalized spacial score (nSPS) is 16.2. The highest BCUT2D eigenvalue weighted by Crippen LogP contribution is 2.29. The maximum absolute atomic E-state index is 12.3. The van der Waals surface area contributed by atoms with Gasteiger partial charge in [0, 0.05) is 12.3 Å². The fourth-order valence-corrected chi connectivity index (χ4v) is 2.48. The van der Waals surface area contributed by atoms with Gasteiger partial charge in [-0.25, -0.2) is 0 Å². The Bertz CT molecular complexity index is 870. The zero-order valence-electron chi connectivity index (χ0n) is 14.1. The number of amides is 2. The maximum atomic E-state index is 12.3. The van der Waals surface area contributed by atoms with Gasteiger partial charge in [0.2, 0.25) is 5.91 Å². The largest absolute Gasteiger partial charge is 0.336 e. The molecule has 0 radical (unpaired) electrons. The number of nitrogens with zero attached hydrogens (tertiary/aromatic N) is 1. The van der Waals surface area contributed by atoms with Gasteiger partial charge in [0.25, 0.3) is 5.91 Å². The lowest BCUT2D eigenvalue weighted by Crippen LogP contribution is -2.43. The van der Waals surface area contributed by atoms with Crippen molar-refractivity contribution in [2.75, 3.05) is 5.32 Å². The van der Waals surface area contributed by atoms with Gasteiger partial charge in [0.15, 0.2) is 0 Å². The molecule has 2 aromatic rings. The summed E-state index contributed by atoms with van der Waals surface area (Å²) in [5.74, 6) is -0.666. The molecule has 0 saturated carbocycles. The van der Waals surface area contributed by atoms with Crippen molar-refractivity contribution in [1.29, 1.82) is 0 Å². The molecule has 1 aliphatic rings. The molecule has 25 heavy (non-hydrogen) atoms. The lowest BCUT2D eigenvalue weighted by molar-refractivity contribution is -0.122. The van der Waals surface area contributed by atoms with E-state index in [4.69, 9.17) is 0 Å². The van der Waals surface area contributed by atoms with Crippen molar-refractivity contribution in [3.05, 3.63) is 65.2 Å². The first-order valence-corrected chi connectivity index (χ1v) is 8.03. The van der Waals surface area contributed by atoms with Crippen molar-refractivity contribution in [2.24, 2.45) is 4.99 Å². The van der Waals surface area contributed by atoms with Crippen molar-refractivity contribution >= 4 is 35.5 Å². The smallest absolute Gasteiger partial charge is 0.252 e. The van der Waals surface area contributed by atoms with E-state index in [1.165, 1.54) is 12.3 Å². The number of aliphatic imine (C=N–C) groups is 1. The molecule has 1 atom stereocenters. The van der Waals surface area contributed by atoms with Crippen molar-refractivity contribution in [1.82, 2.24) is 5.32 Å². The summed E-state index contributed by atoms with van der Waals surface area (Å²) in [6, 6.07) is 12.5. The summed E-state index contributed by atoms with van der Waals surface area (Å²) < 4.78 is 0. The van der Waals surface area contributed by atoms with Crippen LogP contribution in [0.5, 0.6) is 0 Å². The highest BCUT2D eigenvalue weighted by Gasteiger charge is 2.22.